The Morgan fingerprint density at radius 2 is 1.91 bits per heavy atom. The average Bonchev–Trinajstić information content (AvgIpc) is 2.92. The van der Waals surface area contributed by atoms with Crippen LogP contribution in [0.2, 0.25) is 0 Å². The van der Waals surface area contributed by atoms with Crippen molar-refractivity contribution in [1.82, 2.24) is 0 Å². The summed E-state index contributed by atoms with van der Waals surface area (Å²) in [6, 6.07) is 0. The molecule has 3 aliphatic rings. The van der Waals surface area contributed by atoms with E-state index in [1.54, 1.807) is 25.7 Å². The summed E-state index contributed by atoms with van der Waals surface area (Å²) in [5.74, 6) is 5.97. The van der Waals surface area contributed by atoms with Crippen LogP contribution in [0.5, 0.6) is 0 Å². The third kappa shape index (κ3) is 0.878. The molecule has 0 aromatic rings. The smallest absolute Gasteiger partial charge is 0.0352 e. The topological polar surface area (TPSA) is 0 Å². The van der Waals surface area contributed by atoms with Gasteiger partial charge in [0.2, 0.25) is 0 Å². The van der Waals surface area contributed by atoms with Crippen LogP contribution < -0.4 is 0 Å². The summed E-state index contributed by atoms with van der Waals surface area (Å²) in [5.41, 5.74) is 0. The molecule has 0 aromatic carbocycles. The standard InChI is InChI=1S/C11H18/c1-2-7-5-10(7)9-4-3-8-6-11(8)9/h7-11H,2-6H2,1H3. The van der Waals surface area contributed by atoms with Crippen molar-refractivity contribution in [3.8, 4) is 0 Å². The minimum Gasteiger partial charge on any atom is -0.0651 e. The molecule has 5 atom stereocenters. The first-order valence-electron chi connectivity index (χ1n) is 5.40. The van der Waals surface area contributed by atoms with E-state index in [0.29, 0.717) is 0 Å². The summed E-state index contributed by atoms with van der Waals surface area (Å²) in [5, 5.41) is 0. The SMILES string of the molecule is CCC1CC1C1CCC2CC21. The van der Waals surface area contributed by atoms with Gasteiger partial charge in [0.1, 0.15) is 0 Å². The molecule has 11 heavy (non-hydrogen) atoms. The van der Waals surface area contributed by atoms with Gasteiger partial charge in [0, 0.05) is 0 Å². The molecule has 3 aliphatic carbocycles. The van der Waals surface area contributed by atoms with Crippen molar-refractivity contribution < 1.29 is 0 Å². The Morgan fingerprint density at radius 3 is 2.36 bits per heavy atom. The fourth-order valence-corrected chi connectivity index (χ4v) is 3.54. The summed E-state index contributed by atoms with van der Waals surface area (Å²) >= 11 is 0. The highest BCUT2D eigenvalue weighted by atomic mass is 14.6. The maximum absolute atomic E-state index is 2.37. The van der Waals surface area contributed by atoms with Gasteiger partial charge >= 0.3 is 0 Å². The molecular weight excluding hydrogens is 132 g/mol. The predicted molar refractivity (Wildman–Crippen MR) is 46.2 cm³/mol. The van der Waals surface area contributed by atoms with Crippen LogP contribution in [0.1, 0.15) is 39.0 Å². The van der Waals surface area contributed by atoms with Crippen LogP contribution in [0.3, 0.4) is 0 Å². The van der Waals surface area contributed by atoms with Gasteiger partial charge in [-0.3, -0.25) is 0 Å². The number of rotatable bonds is 2. The molecule has 0 bridgehead atoms. The largest absolute Gasteiger partial charge is 0.0651 e. The van der Waals surface area contributed by atoms with Crippen molar-refractivity contribution in [2.75, 3.05) is 0 Å². The number of hydrogen-bond acceptors (Lipinski definition) is 0. The van der Waals surface area contributed by atoms with E-state index in [-0.39, 0.29) is 0 Å². The van der Waals surface area contributed by atoms with Gasteiger partial charge < -0.3 is 0 Å². The second kappa shape index (κ2) is 2.02. The Labute approximate surface area is 69.4 Å². The monoisotopic (exact) mass is 150 g/mol. The second-order valence-electron chi connectivity index (χ2n) is 4.97. The minimum atomic E-state index is 1.15. The molecular formula is C11H18. The van der Waals surface area contributed by atoms with Gasteiger partial charge in [0.15, 0.2) is 0 Å². The van der Waals surface area contributed by atoms with Crippen molar-refractivity contribution in [3.63, 3.8) is 0 Å². The van der Waals surface area contributed by atoms with E-state index in [1.165, 1.54) is 30.1 Å². The molecule has 0 N–H and O–H groups in total. The van der Waals surface area contributed by atoms with Gasteiger partial charge in [-0.15, -0.1) is 0 Å². The van der Waals surface area contributed by atoms with E-state index in [2.05, 4.69) is 6.92 Å². The molecule has 0 nitrogen and oxygen atoms in total. The lowest BCUT2D eigenvalue weighted by atomic mass is 9.96. The third-order valence-electron chi connectivity index (χ3n) is 4.45. The van der Waals surface area contributed by atoms with Crippen LogP contribution in [-0.4, -0.2) is 0 Å². The highest BCUT2D eigenvalue weighted by Gasteiger charge is 2.55. The first-order valence-corrected chi connectivity index (χ1v) is 5.40. The Bertz CT molecular complexity index is 173. The lowest BCUT2D eigenvalue weighted by molar-refractivity contribution is 0.395. The van der Waals surface area contributed by atoms with Crippen molar-refractivity contribution in [2.24, 2.45) is 29.6 Å². The molecule has 0 heterocycles. The summed E-state index contributed by atoms with van der Waals surface area (Å²) in [4.78, 5) is 0. The maximum atomic E-state index is 2.37. The fourth-order valence-electron chi connectivity index (χ4n) is 3.54. The molecule has 5 unspecified atom stereocenters. The van der Waals surface area contributed by atoms with Gasteiger partial charge in [-0.1, -0.05) is 13.3 Å². The van der Waals surface area contributed by atoms with E-state index in [9.17, 15) is 0 Å². The Morgan fingerprint density at radius 1 is 1.00 bits per heavy atom. The van der Waals surface area contributed by atoms with Gasteiger partial charge in [-0.05, 0) is 55.3 Å². The number of hydrogen-bond donors (Lipinski definition) is 0. The summed E-state index contributed by atoms with van der Waals surface area (Å²) < 4.78 is 0. The van der Waals surface area contributed by atoms with E-state index in [1.807, 2.05) is 0 Å². The highest BCUT2D eigenvalue weighted by Crippen LogP contribution is 2.63. The molecule has 0 saturated heterocycles. The highest BCUT2D eigenvalue weighted by molar-refractivity contribution is 5.04. The normalized spacial score (nSPS) is 59.2. The zero-order valence-corrected chi connectivity index (χ0v) is 7.42. The maximum Gasteiger partial charge on any atom is -0.0352 e. The Kier molecular flexibility index (Phi) is 1.20. The molecule has 0 aliphatic heterocycles. The van der Waals surface area contributed by atoms with E-state index in [4.69, 9.17) is 0 Å². The molecule has 0 radical (unpaired) electrons. The Hall–Kier alpha value is 0. The van der Waals surface area contributed by atoms with Crippen molar-refractivity contribution >= 4 is 0 Å². The zero-order chi connectivity index (χ0) is 7.42. The van der Waals surface area contributed by atoms with Crippen LogP contribution >= 0.6 is 0 Å². The molecule has 0 spiro atoms. The van der Waals surface area contributed by atoms with Crippen LogP contribution in [0.4, 0.5) is 0 Å². The molecule has 0 amide bonds. The average molecular weight is 150 g/mol. The quantitative estimate of drug-likeness (QED) is 0.567. The minimum absolute atomic E-state index is 1.15. The van der Waals surface area contributed by atoms with Crippen LogP contribution in [0, 0.1) is 29.6 Å². The first kappa shape index (κ1) is 6.51. The summed E-state index contributed by atoms with van der Waals surface area (Å²) in [7, 11) is 0. The molecule has 62 valence electrons. The van der Waals surface area contributed by atoms with Crippen molar-refractivity contribution in [3.05, 3.63) is 0 Å². The van der Waals surface area contributed by atoms with Crippen LogP contribution in [0.15, 0.2) is 0 Å². The lowest BCUT2D eigenvalue weighted by Gasteiger charge is -2.09. The van der Waals surface area contributed by atoms with E-state index in [0.717, 1.165) is 5.92 Å². The predicted octanol–water partition coefficient (Wildman–Crippen LogP) is 3.08. The molecule has 3 saturated carbocycles. The van der Waals surface area contributed by atoms with Gasteiger partial charge in [0.05, 0.1) is 0 Å². The van der Waals surface area contributed by atoms with E-state index >= 15 is 0 Å². The molecule has 0 aromatic heterocycles. The van der Waals surface area contributed by atoms with Gasteiger partial charge in [0.25, 0.3) is 0 Å². The van der Waals surface area contributed by atoms with Gasteiger partial charge in [-0.25, -0.2) is 0 Å². The molecule has 3 fully saturated rings. The molecule has 0 heteroatoms. The third-order valence-corrected chi connectivity index (χ3v) is 4.45. The zero-order valence-electron chi connectivity index (χ0n) is 7.42. The summed E-state index contributed by atoms with van der Waals surface area (Å²) in [6.45, 7) is 2.37. The van der Waals surface area contributed by atoms with Gasteiger partial charge in [-0.2, -0.15) is 0 Å². The summed E-state index contributed by atoms with van der Waals surface area (Å²) in [6.07, 6.45) is 7.83. The second-order valence-corrected chi connectivity index (χ2v) is 4.97. The van der Waals surface area contributed by atoms with Crippen molar-refractivity contribution in [2.45, 2.75) is 39.0 Å². The number of fused-ring (bicyclic) bond motifs is 1. The first-order chi connectivity index (χ1) is 5.40. The van der Waals surface area contributed by atoms with Crippen molar-refractivity contribution in [1.29, 1.82) is 0 Å². The van der Waals surface area contributed by atoms with Crippen LogP contribution in [0.25, 0.3) is 0 Å². The van der Waals surface area contributed by atoms with E-state index < -0.39 is 0 Å². The fraction of sp³-hybridized carbons (Fsp3) is 1.00. The lowest BCUT2D eigenvalue weighted by Crippen LogP contribution is -2.02. The molecule has 3 rings (SSSR count). The Balaban J connectivity index is 1.63. The van der Waals surface area contributed by atoms with Crippen LogP contribution in [-0.2, 0) is 0 Å².